The van der Waals surface area contributed by atoms with E-state index in [1.807, 2.05) is 24.3 Å². The summed E-state index contributed by atoms with van der Waals surface area (Å²) in [6, 6.07) is 13.9. The maximum absolute atomic E-state index is 14.7. The number of rotatable bonds is 12. The SMILES string of the molecule is Cc1cc(C(=O)NC2CN(C(=O)OC(C)(C)C)CC(F)(F)C2)ncc1-c1ccc(C[C@H](NC(=O)C2CCC(CNC(=O)OC(C)(C)C)CC2)C(=O)Nc2ccc(-c3nn[nH]n3)cc2)cc1. The quantitative estimate of drug-likeness (QED) is 0.102. The summed E-state index contributed by atoms with van der Waals surface area (Å²) in [4.78, 5) is 70.9. The minimum absolute atomic E-state index is 0.0283. The summed E-state index contributed by atoms with van der Waals surface area (Å²) < 4.78 is 40.0. The second kappa shape index (κ2) is 20.1. The molecule has 2 aromatic carbocycles. The number of hydrogen-bond acceptors (Lipinski definition) is 11. The van der Waals surface area contributed by atoms with Crippen LogP contribution in [0.15, 0.2) is 60.8 Å². The molecule has 19 heteroatoms. The number of aromatic amines is 1. The number of anilines is 1. The standard InChI is InChI=1S/C46H58F2N10O7/c1-27-20-36(40(60)52-34-22-46(47,48)26-58(25-34)43(63)65-45(5,6)7)49-24-35(27)30-12-8-28(9-13-30)21-37(41(61)51-33-18-16-31(17-19-33)38-54-56-57-55-38)53-39(59)32-14-10-29(11-15-32)23-50-42(62)64-44(2,3)4/h8-9,12-13,16-20,24,29,32,34,37H,10-11,14-15,21-23,25-26H2,1-7H3,(H,50,62)(H,51,61)(H,52,60)(H,53,59)(H,54,55,56,57)/t29?,32?,34?,37-/m0/s1. The number of hydrogen-bond donors (Lipinski definition) is 5. The Kier molecular flexibility index (Phi) is 14.8. The number of piperidine rings is 1. The maximum Gasteiger partial charge on any atom is 0.410 e. The Morgan fingerprint density at radius 2 is 1.57 bits per heavy atom. The van der Waals surface area contributed by atoms with E-state index in [4.69, 9.17) is 9.47 Å². The fraction of sp³-hybridized carbons (Fsp3) is 0.500. The lowest BCUT2D eigenvalue weighted by Crippen LogP contribution is -2.57. The minimum atomic E-state index is -3.23. The number of aryl methyl sites for hydroxylation is 1. The number of H-pyrrole nitrogens is 1. The largest absolute Gasteiger partial charge is 0.444 e. The van der Waals surface area contributed by atoms with Crippen molar-refractivity contribution in [3.05, 3.63) is 77.6 Å². The highest BCUT2D eigenvalue weighted by Crippen LogP contribution is 2.31. The van der Waals surface area contributed by atoms with E-state index in [-0.39, 0.29) is 36.4 Å². The van der Waals surface area contributed by atoms with Gasteiger partial charge in [0.15, 0.2) is 0 Å². The second-order valence-electron chi connectivity index (χ2n) is 18.8. The van der Waals surface area contributed by atoms with Crippen LogP contribution in [0.1, 0.15) is 95.3 Å². The number of nitrogens with zero attached hydrogens (tertiary/aromatic N) is 5. The number of pyridine rings is 1. The van der Waals surface area contributed by atoms with E-state index in [1.165, 1.54) is 6.20 Å². The van der Waals surface area contributed by atoms with E-state index in [0.29, 0.717) is 42.0 Å². The predicted octanol–water partition coefficient (Wildman–Crippen LogP) is 6.61. The van der Waals surface area contributed by atoms with Gasteiger partial charge in [0.2, 0.25) is 17.6 Å². The molecule has 1 aliphatic carbocycles. The Bertz CT molecular complexity index is 2310. The van der Waals surface area contributed by atoms with Crippen molar-refractivity contribution in [1.82, 2.24) is 46.5 Å². The highest BCUT2D eigenvalue weighted by Gasteiger charge is 2.44. The van der Waals surface area contributed by atoms with E-state index >= 15 is 0 Å². The summed E-state index contributed by atoms with van der Waals surface area (Å²) in [6.45, 7) is 11.7. The number of aromatic nitrogens is 5. The first-order valence-electron chi connectivity index (χ1n) is 21.7. The van der Waals surface area contributed by atoms with E-state index < -0.39 is 66.2 Å². The van der Waals surface area contributed by atoms with Gasteiger partial charge in [-0.05, 0) is 132 Å². The van der Waals surface area contributed by atoms with Crippen molar-refractivity contribution in [1.29, 1.82) is 0 Å². The second-order valence-corrected chi connectivity index (χ2v) is 18.8. The highest BCUT2D eigenvalue weighted by molar-refractivity contribution is 5.98. The van der Waals surface area contributed by atoms with Crippen LogP contribution in [0.25, 0.3) is 22.5 Å². The predicted molar refractivity (Wildman–Crippen MR) is 237 cm³/mol. The molecule has 17 nitrogen and oxygen atoms in total. The molecule has 1 saturated heterocycles. The van der Waals surface area contributed by atoms with E-state index in [0.717, 1.165) is 34.4 Å². The number of halogens is 2. The molecule has 4 aromatic rings. The van der Waals surface area contributed by atoms with Crippen LogP contribution in [0, 0.1) is 18.8 Å². The van der Waals surface area contributed by atoms with Crippen LogP contribution in [0.5, 0.6) is 0 Å². The molecule has 1 aliphatic heterocycles. The molecule has 2 fully saturated rings. The third-order valence-electron chi connectivity index (χ3n) is 11.0. The average molecular weight is 901 g/mol. The fourth-order valence-corrected chi connectivity index (χ4v) is 7.85. The van der Waals surface area contributed by atoms with E-state index in [9.17, 15) is 32.8 Å². The van der Waals surface area contributed by atoms with Gasteiger partial charge in [0.1, 0.15) is 22.9 Å². The summed E-state index contributed by atoms with van der Waals surface area (Å²) in [5.74, 6) is -4.23. The fourth-order valence-electron chi connectivity index (χ4n) is 7.85. The Labute approximate surface area is 376 Å². The smallest absolute Gasteiger partial charge is 0.410 e. The number of amides is 5. The van der Waals surface area contributed by atoms with E-state index in [2.05, 4.69) is 46.9 Å². The van der Waals surface area contributed by atoms with Gasteiger partial charge in [0, 0.05) is 54.9 Å². The number of alkyl carbamates (subject to hydrolysis) is 1. The summed E-state index contributed by atoms with van der Waals surface area (Å²) >= 11 is 0. The lowest BCUT2D eigenvalue weighted by molar-refractivity contribution is -0.130. The zero-order valence-electron chi connectivity index (χ0n) is 37.8. The van der Waals surface area contributed by atoms with Gasteiger partial charge in [-0.1, -0.05) is 24.3 Å². The Morgan fingerprint density at radius 3 is 2.18 bits per heavy atom. The number of benzene rings is 2. The number of alkyl halides is 2. The Hall–Kier alpha value is -6.53. The normalized spacial score (nSPS) is 19.0. The summed E-state index contributed by atoms with van der Waals surface area (Å²) in [6.07, 6.45) is 2.38. The van der Waals surface area contributed by atoms with Gasteiger partial charge < -0.3 is 35.6 Å². The molecule has 6 rings (SSSR count). The number of carbonyl (C=O) groups excluding carboxylic acids is 5. The van der Waals surface area contributed by atoms with Gasteiger partial charge in [-0.15, -0.1) is 10.2 Å². The van der Waals surface area contributed by atoms with Crippen molar-refractivity contribution in [2.75, 3.05) is 25.0 Å². The first kappa shape index (κ1) is 47.9. The lowest BCUT2D eigenvalue weighted by atomic mass is 9.81. The maximum atomic E-state index is 14.7. The molecule has 0 spiro atoms. The monoisotopic (exact) mass is 900 g/mol. The van der Waals surface area contributed by atoms with Gasteiger partial charge in [-0.25, -0.2) is 18.4 Å². The van der Waals surface area contributed by atoms with Crippen molar-refractivity contribution in [3.63, 3.8) is 0 Å². The number of carbonyl (C=O) groups is 5. The first-order chi connectivity index (χ1) is 30.6. The van der Waals surface area contributed by atoms with Crippen LogP contribution < -0.4 is 21.3 Å². The number of tetrazole rings is 1. The van der Waals surface area contributed by atoms with Crippen LogP contribution in [-0.2, 0) is 25.5 Å². The molecule has 2 aromatic heterocycles. The Morgan fingerprint density at radius 1 is 0.908 bits per heavy atom. The molecule has 65 heavy (non-hydrogen) atoms. The van der Waals surface area contributed by atoms with Crippen molar-refractivity contribution in [2.24, 2.45) is 11.8 Å². The molecular formula is C46H58F2N10O7. The highest BCUT2D eigenvalue weighted by atomic mass is 19.3. The Balaban J connectivity index is 1.10. The number of ether oxygens (including phenoxy) is 2. The van der Waals surface area contributed by atoms with Gasteiger partial charge in [0.25, 0.3) is 11.8 Å². The molecule has 3 heterocycles. The summed E-state index contributed by atoms with van der Waals surface area (Å²) in [5, 5.41) is 25.3. The lowest BCUT2D eigenvalue weighted by Gasteiger charge is -2.38. The molecule has 1 saturated carbocycles. The van der Waals surface area contributed by atoms with Crippen molar-refractivity contribution >= 4 is 35.6 Å². The van der Waals surface area contributed by atoms with Gasteiger partial charge >= 0.3 is 12.2 Å². The number of nitrogens with one attached hydrogen (secondary N) is 5. The van der Waals surface area contributed by atoms with Gasteiger partial charge in [-0.3, -0.25) is 19.4 Å². The average Bonchev–Trinajstić information content (AvgIpc) is 3.77. The third kappa shape index (κ3) is 14.0. The van der Waals surface area contributed by atoms with Crippen molar-refractivity contribution < 1.29 is 42.2 Å². The number of likely N-dealkylation sites (tertiary alicyclic amines) is 1. The van der Waals surface area contributed by atoms with Gasteiger partial charge in [-0.2, -0.15) is 5.21 Å². The zero-order valence-corrected chi connectivity index (χ0v) is 37.8. The molecule has 5 N–H and O–H groups in total. The van der Waals surface area contributed by atoms with Crippen LogP contribution in [0.4, 0.5) is 24.1 Å². The molecule has 0 bridgehead atoms. The third-order valence-corrected chi connectivity index (χ3v) is 11.0. The van der Waals surface area contributed by atoms with Crippen molar-refractivity contribution in [3.8, 4) is 22.5 Å². The minimum Gasteiger partial charge on any atom is -0.444 e. The van der Waals surface area contributed by atoms with Crippen molar-refractivity contribution in [2.45, 2.75) is 116 Å². The molecule has 1 unspecified atom stereocenters. The summed E-state index contributed by atoms with van der Waals surface area (Å²) in [5.41, 5.74) is 2.72. The van der Waals surface area contributed by atoms with Crippen LogP contribution in [-0.4, -0.2) is 109 Å². The van der Waals surface area contributed by atoms with Gasteiger partial charge in [0.05, 0.1) is 12.6 Å². The van der Waals surface area contributed by atoms with Crippen LogP contribution in [0.3, 0.4) is 0 Å². The zero-order chi connectivity index (χ0) is 47.1. The molecule has 0 radical (unpaired) electrons. The van der Waals surface area contributed by atoms with E-state index in [1.54, 1.807) is 78.8 Å². The molecular weight excluding hydrogens is 843 g/mol. The topological polar surface area (TPSA) is 223 Å². The molecule has 2 atom stereocenters. The molecule has 5 amide bonds. The first-order valence-corrected chi connectivity index (χ1v) is 21.7. The van der Waals surface area contributed by atoms with Crippen LogP contribution >= 0.6 is 0 Å². The summed E-state index contributed by atoms with van der Waals surface area (Å²) in [7, 11) is 0. The molecule has 2 aliphatic rings. The molecule has 348 valence electrons. The van der Waals surface area contributed by atoms with Crippen LogP contribution in [0.2, 0.25) is 0 Å².